The molecule has 0 radical (unpaired) electrons. The van der Waals surface area contributed by atoms with Gasteiger partial charge in [-0.3, -0.25) is 4.57 Å². The van der Waals surface area contributed by atoms with E-state index < -0.39 is 12.0 Å². The summed E-state index contributed by atoms with van der Waals surface area (Å²) in [5, 5.41) is 0. The van der Waals surface area contributed by atoms with Crippen LogP contribution in [0, 0.1) is 0 Å². The molecule has 0 aromatic carbocycles. The molecule has 0 saturated heterocycles. The third kappa shape index (κ3) is 2.61. The summed E-state index contributed by atoms with van der Waals surface area (Å²) in [6.07, 6.45) is 0. The third-order valence-corrected chi connectivity index (χ3v) is 4.95. The van der Waals surface area contributed by atoms with E-state index >= 15 is 0 Å². The van der Waals surface area contributed by atoms with Gasteiger partial charge in [-0.05, 0) is 20.8 Å². The molecule has 4 heteroatoms. The molecule has 1 atom stereocenters. The van der Waals surface area contributed by atoms with E-state index in [1.54, 1.807) is 27.4 Å². The van der Waals surface area contributed by atoms with Crippen LogP contribution in [-0.2, 0) is 9.09 Å². The fourth-order valence-corrected chi connectivity index (χ4v) is 1.35. The van der Waals surface area contributed by atoms with Gasteiger partial charge in [-0.1, -0.05) is 0 Å². The Balaban J connectivity index is 4.26. The maximum Gasteiger partial charge on any atom is 0.219 e. The molecule has 0 aliphatic carbocycles. The summed E-state index contributed by atoms with van der Waals surface area (Å²) in [7, 11) is -2.61. The molecule has 1 unspecified atom stereocenters. The molecule has 2 nitrogen and oxygen atoms in total. The van der Waals surface area contributed by atoms with Crippen molar-refractivity contribution in [1.82, 2.24) is 0 Å². The first-order chi connectivity index (χ1) is 4.31. The Morgan fingerprint density at radius 3 is 2.10 bits per heavy atom. The highest BCUT2D eigenvalue weighted by Crippen LogP contribution is 2.57. The van der Waals surface area contributed by atoms with Crippen LogP contribution >= 0.6 is 19.0 Å². The van der Waals surface area contributed by atoms with E-state index in [0.717, 1.165) is 0 Å². The molecule has 0 aromatic rings. The molecule has 0 aliphatic rings. The van der Waals surface area contributed by atoms with E-state index in [-0.39, 0.29) is 0 Å². The topological polar surface area (TPSA) is 26.3 Å². The van der Waals surface area contributed by atoms with Crippen LogP contribution in [0.25, 0.3) is 0 Å². The standard InChI is InChI=1S/C6H14ClO2P/c1-5-9-10(4,8)6(2,3)7/h5H2,1-4H3. The molecule has 10 heavy (non-hydrogen) atoms. The van der Waals surface area contributed by atoms with Crippen LogP contribution in [0.5, 0.6) is 0 Å². The van der Waals surface area contributed by atoms with Crippen molar-refractivity contribution < 1.29 is 9.09 Å². The Hall–Kier alpha value is 0.480. The van der Waals surface area contributed by atoms with E-state index in [2.05, 4.69) is 0 Å². The largest absolute Gasteiger partial charge is 0.328 e. The Kier molecular flexibility index (Phi) is 3.41. The smallest absolute Gasteiger partial charge is 0.219 e. The molecule has 0 aliphatic heterocycles. The van der Waals surface area contributed by atoms with Crippen LogP contribution in [0.3, 0.4) is 0 Å². The van der Waals surface area contributed by atoms with E-state index in [1.807, 2.05) is 0 Å². The minimum absolute atomic E-state index is 0.448. The average molecular weight is 185 g/mol. The molecular formula is C6H14ClO2P. The molecule has 0 fully saturated rings. The molecule has 0 spiro atoms. The van der Waals surface area contributed by atoms with Crippen LogP contribution in [0.2, 0.25) is 0 Å². The second-order valence-electron chi connectivity index (χ2n) is 2.67. The lowest BCUT2D eigenvalue weighted by Gasteiger charge is -2.24. The molecule has 0 aromatic heterocycles. The molecular weight excluding hydrogens is 170 g/mol. The monoisotopic (exact) mass is 184 g/mol. The summed E-state index contributed by atoms with van der Waals surface area (Å²) >= 11 is 5.82. The van der Waals surface area contributed by atoms with Crippen molar-refractivity contribution in [3.63, 3.8) is 0 Å². The van der Waals surface area contributed by atoms with Gasteiger partial charge < -0.3 is 4.52 Å². The zero-order chi connectivity index (χ0) is 8.41. The van der Waals surface area contributed by atoms with Crippen LogP contribution in [0.15, 0.2) is 0 Å². The fourth-order valence-electron chi connectivity index (χ4n) is 0.400. The van der Waals surface area contributed by atoms with Gasteiger partial charge in [0.25, 0.3) is 0 Å². The number of rotatable bonds is 3. The lowest BCUT2D eigenvalue weighted by molar-refractivity contribution is 0.329. The van der Waals surface area contributed by atoms with Gasteiger partial charge in [0.1, 0.15) is 4.62 Å². The van der Waals surface area contributed by atoms with Gasteiger partial charge in [-0.25, -0.2) is 0 Å². The summed E-state index contributed by atoms with van der Waals surface area (Å²) < 4.78 is 15.8. The highest BCUT2D eigenvalue weighted by molar-refractivity contribution is 7.61. The summed E-state index contributed by atoms with van der Waals surface area (Å²) in [5.41, 5.74) is 0. The first-order valence-electron chi connectivity index (χ1n) is 3.22. The number of hydrogen-bond donors (Lipinski definition) is 0. The summed E-state index contributed by atoms with van der Waals surface area (Å²) in [6.45, 7) is 7.21. The number of halogens is 1. The molecule has 0 amide bonds. The summed E-state index contributed by atoms with van der Waals surface area (Å²) in [5.74, 6) is 0. The summed E-state index contributed by atoms with van der Waals surface area (Å²) in [6, 6.07) is 0. The van der Waals surface area contributed by atoms with Crippen molar-refractivity contribution in [3.8, 4) is 0 Å². The van der Waals surface area contributed by atoms with Crippen molar-refractivity contribution in [1.29, 1.82) is 0 Å². The highest BCUT2D eigenvalue weighted by Gasteiger charge is 2.34. The van der Waals surface area contributed by atoms with Crippen LogP contribution in [-0.4, -0.2) is 17.9 Å². The van der Waals surface area contributed by atoms with Crippen molar-refractivity contribution in [2.75, 3.05) is 13.3 Å². The van der Waals surface area contributed by atoms with Gasteiger partial charge in [0, 0.05) is 6.66 Å². The fraction of sp³-hybridized carbons (Fsp3) is 1.00. The molecule has 0 saturated carbocycles. The lowest BCUT2D eigenvalue weighted by atomic mass is 10.6. The van der Waals surface area contributed by atoms with Gasteiger partial charge in [-0.15, -0.1) is 11.6 Å². The SMILES string of the molecule is CCOP(C)(=O)C(C)(C)Cl. The highest BCUT2D eigenvalue weighted by atomic mass is 35.5. The maximum atomic E-state index is 11.5. The molecule has 0 rings (SSSR count). The molecule has 62 valence electrons. The summed E-state index contributed by atoms with van der Waals surface area (Å²) in [4.78, 5) is 0. The van der Waals surface area contributed by atoms with Crippen LogP contribution < -0.4 is 0 Å². The minimum atomic E-state index is -2.61. The van der Waals surface area contributed by atoms with Crippen LogP contribution in [0.4, 0.5) is 0 Å². The third-order valence-electron chi connectivity index (χ3n) is 1.34. The van der Waals surface area contributed by atoms with Gasteiger partial charge >= 0.3 is 0 Å². The number of hydrogen-bond acceptors (Lipinski definition) is 2. The quantitative estimate of drug-likeness (QED) is 0.498. The zero-order valence-corrected chi connectivity index (χ0v) is 8.50. The zero-order valence-electron chi connectivity index (χ0n) is 6.85. The second-order valence-corrected chi connectivity index (χ2v) is 6.95. The predicted octanol–water partition coefficient (Wildman–Crippen LogP) is 2.91. The van der Waals surface area contributed by atoms with E-state index in [1.165, 1.54) is 0 Å². The molecule has 0 heterocycles. The first kappa shape index (κ1) is 10.5. The molecule has 0 N–H and O–H groups in total. The normalized spacial score (nSPS) is 18.5. The Labute approximate surface area is 67.4 Å². The van der Waals surface area contributed by atoms with Gasteiger partial charge in [0.2, 0.25) is 7.37 Å². The second kappa shape index (κ2) is 3.25. The van der Waals surface area contributed by atoms with E-state index in [4.69, 9.17) is 16.1 Å². The first-order valence-corrected chi connectivity index (χ1v) is 5.67. The number of alkyl halides is 1. The van der Waals surface area contributed by atoms with Crippen molar-refractivity contribution >= 4 is 19.0 Å². The van der Waals surface area contributed by atoms with Gasteiger partial charge in [0.05, 0.1) is 6.61 Å². The van der Waals surface area contributed by atoms with Crippen molar-refractivity contribution in [3.05, 3.63) is 0 Å². The Bertz CT molecular complexity index is 150. The van der Waals surface area contributed by atoms with E-state index in [9.17, 15) is 4.57 Å². The average Bonchev–Trinajstić information content (AvgIpc) is 1.61. The minimum Gasteiger partial charge on any atom is -0.328 e. The van der Waals surface area contributed by atoms with Crippen LogP contribution in [0.1, 0.15) is 20.8 Å². The van der Waals surface area contributed by atoms with Crippen molar-refractivity contribution in [2.24, 2.45) is 0 Å². The Morgan fingerprint density at radius 1 is 1.60 bits per heavy atom. The maximum absolute atomic E-state index is 11.5. The predicted molar refractivity (Wildman–Crippen MR) is 45.1 cm³/mol. The van der Waals surface area contributed by atoms with Gasteiger partial charge in [-0.2, -0.15) is 0 Å². The lowest BCUT2D eigenvalue weighted by Crippen LogP contribution is -2.12. The Morgan fingerprint density at radius 2 is 2.00 bits per heavy atom. The molecule has 0 bridgehead atoms. The van der Waals surface area contributed by atoms with Crippen molar-refractivity contribution in [2.45, 2.75) is 25.4 Å². The van der Waals surface area contributed by atoms with E-state index in [0.29, 0.717) is 6.61 Å². The van der Waals surface area contributed by atoms with Gasteiger partial charge in [0.15, 0.2) is 0 Å².